The molecule has 0 radical (unpaired) electrons. The molecule has 1 aliphatic carbocycles. The van der Waals surface area contributed by atoms with Gasteiger partial charge in [0.15, 0.2) is 0 Å². The zero-order valence-corrected chi connectivity index (χ0v) is 12.0. The molecule has 1 heterocycles. The van der Waals surface area contributed by atoms with E-state index >= 15 is 0 Å². The van der Waals surface area contributed by atoms with Crippen molar-refractivity contribution in [3.05, 3.63) is 32.8 Å². The van der Waals surface area contributed by atoms with Gasteiger partial charge in [0.05, 0.1) is 9.10 Å². The van der Waals surface area contributed by atoms with Crippen molar-refractivity contribution in [3.63, 3.8) is 0 Å². The molecule has 1 aliphatic heterocycles. The highest BCUT2D eigenvalue weighted by Crippen LogP contribution is 2.59. The standard InChI is InChI=1S/C11H10BrClS2/c12-9-6-8-7(5-10(9)13)1-2-11(8)14-3-4-15-11/h5-6H,1-4H2. The van der Waals surface area contributed by atoms with E-state index in [9.17, 15) is 0 Å². The molecule has 15 heavy (non-hydrogen) atoms. The Hall–Kier alpha value is 0.690. The number of halogens is 2. The Kier molecular flexibility index (Phi) is 2.79. The third kappa shape index (κ3) is 1.67. The molecule has 4 heteroatoms. The highest BCUT2D eigenvalue weighted by Gasteiger charge is 2.42. The van der Waals surface area contributed by atoms with Gasteiger partial charge < -0.3 is 0 Å². The van der Waals surface area contributed by atoms with Crippen LogP contribution >= 0.6 is 51.1 Å². The summed E-state index contributed by atoms with van der Waals surface area (Å²) in [6.45, 7) is 0. The average molecular weight is 322 g/mol. The molecule has 0 nitrogen and oxygen atoms in total. The van der Waals surface area contributed by atoms with E-state index in [2.05, 4.69) is 51.6 Å². The number of hydrogen-bond donors (Lipinski definition) is 0. The quantitative estimate of drug-likeness (QED) is 0.680. The van der Waals surface area contributed by atoms with E-state index in [0.717, 1.165) is 9.50 Å². The maximum Gasteiger partial charge on any atom is 0.0866 e. The maximum absolute atomic E-state index is 6.13. The Morgan fingerprint density at radius 1 is 1.27 bits per heavy atom. The monoisotopic (exact) mass is 320 g/mol. The van der Waals surface area contributed by atoms with E-state index < -0.39 is 0 Å². The smallest absolute Gasteiger partial charge is 0.0866 e. The minimum atomic E-state index is 0.350. The van der Waals surface area contributed by atoms with Gasteiger partial charge in [-0.2, -0.15) is 0 Å². The summed E-state index contributed by atoms with van der Waals surface area (Å²) < 4.78 is 1.39. The van der Waals surface area contributed by atoms with Crippen LogP contribution in [0.2, 0.25) is 5.02 Å². The largest absolute Gasteiger partial charge is 0.139 e. The fourth-order valence-corrected chi connectivity index (χ4v) is 6.21. The Morgan fingerprint density at radius 3 is 2.73 bits per heavy atom. The van der Waals surface area contributed by atoms with E-state index in [4.69, 9.17) is 11.6 Å². The van der Waals surface area contributed by atoms with E-state index in [1.54, 1.807) is 0 Å². The third-order valence-corrected chi connectivity index (χ3v) is 7.79. The molecular weight excluding hydrogens is 312 g/mol. The first kappa shape index (κ1) is 10.8. The van der Waals surface area contributed by atoms with Gasteiger partial charge in [0.1, 0.15) is 0 Å². The number of thioether (sulfide) groups is 2. The molecule has 2 aliphatic rings. The molecule has 0 unspecified atom stereocenters. The lowest BCUT2D eigenvalue weighted by molar-refractivity contribution is 0.844. The molecule has 80 valence electrons. The van der Waals surface area contributed by atoms with Crippen molar-refractivity contribution in [2.75, 3.05) is 11.5 Å². The molecule has 1 aromatic rings. The van der Waals surface area contributed by atoms with Gasteiger partial charge in [0.25, 0.3) is 0 Å². The van der Waals surface area contributed by atoms with E-state index in [-0.39, 0.29) is 0 Å². The minimum absolute atomic E-state index is 0.350. The van der Waals surface area contributed by atoms with Crippen LogP contribution in [0.15, 0.2) is 16.6 Å². The lowest BCUT2D eigenvalue weighted by Gasteiger charge is -2.22. The predicted octanol–water partition coefficient (Wildman–Crippen LogP) is 4.68. The zero-order chi connectivity index (χ0) is 10.5. The van der Waals surface area contributed by atoms with Crippen LogP contribution in [0.25, 0.3) is 0 Å². The molecule has 1 aromatic carbocycles. The molecule has 1 fully saturated rings. The molecular formula is C11H10BrClS2. The first-order valence-corrected chi connectivity index (χ1v) is 8.12. The molecule has 0 atom stereocenters. The molecule has 0 aromatic heterocycles. The number of aryl methyl sites for hydroxylation is 1. The van der Waals surface area contributed by atoms with Gasteiger partial charge in [-0.25, -0.2) is 0 Å². The second-order valence-electron chi connectivity index (χ2n) is 3.87. The summed E-state index contributed by atoms with van der Waals surface area (Å²) in [6.07, 6.45) is 2.45. The average Bonchev–Trinajstić information content (AvgIpc) is 2.80. The Balaban J connectivity index is 2.13. The van der Waals surface area contributed by atoms with Gasteiger partial charge in [0.2, 0.25) is 0 Å². The van der Waals surface area contributed by atoms with Crippen LogP contribution in [0.5, 0.6) is 0 Å². The van der Waals surface area contributed by atoms with Crippen LogP contribution in [-0.2, 0) is 10.5 Å². The van der Waals surface area contributed by atoms with Crippen LogP contribution in [0.1, 0.15) is 17.5 Å². The predicted molar refractivity (Wildman–Crippen MR) is 74.1 cm³/mol. The van der Waals surface area contributed by atoms with Gasteiger partial charge >= 0.3 is 0 Å². The third-order valence-electron chi connectivity index (χ3n) is 3.03. The summed E-state index contributed by atoms with van der Waals surface area (Å²) >= 11 is 13.9. The lowest BCUT2D eigenvalue weighted by atomic mass is 10.1. The van der Waals surface area contributed by atoms with Gasteiger partial charge in [-0.15, -0.1) is 23.5 Å². The summed E-state index contributed by atoms with van der Waals surface area (Å²) in [7, 11) is 0. The summed E-state index contributed by atoms with van der Waals surface area (Å²) in [5.41, 5.74) is 2.95. The fourth-order valence-electron chi connectivity index (χ4n) is 2.34. The molecule has 1 spiro atoms. The summed E-state index contributed by atoms with van der Waals surface area (Å²) in [5, 5.41) is 0.846. The highest BCUT2D eigenvalue weighted by atomic mass is 79.9. The van der Waals surface area contributed by atoms with E-state index in [0.29, 0.717) is 4.08 Å². The van der Waals surface area contributed by atoms with Gasteiger partial charge in [0, 0.05) is 16.0 Å². The first-order chi connectivity index (χ1) is 7.21. The Labute approximate surface area is 112 Å². The van der Waals surface area contributed by atoms with Crippen molar-refractivity contribution >= 4 is 51.1 Å². The van der Waals surface area contributed by atoms with Crippen molar-refractivity contribution in [1.29, 1.82) is 0 Å². The van der Waals surface area contributed by atoms with Crippen molar-refractivity contribution in [3.8, 4) is 0 Å². The molecule has 1 saturated heterocycles. The maximum atomic E-state index is 6.13. The van der Waals surface area contributed by atoms with Crippen LogP contribution in [-0.4, -0.2) is 11.5 Å². The topological polar surface area (TPSA) is 0 Å². The summed E-state index contributed by atoms with van der Waals surface area (Å²) in [6, 6.07) is 4.37. The number of rotatable bonds is 0. The lowest BCUT2D eigenvalue weighted by Crippen LogP contribution is -2.08. The van der Waals surface area contributed by atoms with E-state index in [1.807, 2.05) is 0 Å². The van der Waals surface area contributed by atoms with Crippen LogP contribution in [0.3, 0.4) is 0 Å². The van der Waals surface area contributed by atoms with Gasteiger partial charge in [-0.3, -0.25) is 0 Å². The number of hydrogen-bond acceptors (Lipinski definition) is 2. The Morgan fingerprint density at radius 2 is 2.00 bits per heavy atom. The second-order valence-corrected chi connectivity index (χ2v) is 8.18. The Bertz CT molecular complexity index is 413. The van der Waals surface area contributed by atoms with Crippen LogP contribution in [0.4, 0.5) is 0 Å². The van der Waals surface area contributed by atoms with Crippen LogP contribution < -0.4 is 0 Å². The zero-order valence-electron chi connectivity index (χ0n) is 8.06. The number of fused-ring (bicyclic) bond motifs is 2. The van der Waals surface area contributed by atoms with E-state index in [1.165, 1.54) is 35.5 Å². The van der Waals surface area contributed by atoms with Crippen molar-refractivity contribution in [2.45, 2.75) is 16.9 Å². The second kappa shape index (κ2) is 3.86. The number of benzene rings is 1. The molecule has 3 rings (SSSR count). The summed E-state index contributed by atoms with van der Waals surface area (Å²) in [5.74, 6) is 2.56. The van der Waals surface area contributed by atoms with Crippen molar-refractivity contribution < 1.29 is 0 Å². The molecule has 0 N–H and O–H groups in total. The minimum Gasteiger partial charge on any atom is -0.139 e. The fraction of sp³-hybridized carbons (Fsp3) is 0.455. The molecule has 0 bridgehead atoms. The van der Waals surface area contributed by atoms with Crippen LogP contribution in [0, 0.1) is 0 Å². The van der Waals surface area contributed by atoms with Gasteiger partial charge in [-0.1, -0.05) is 11.6 Å². The normalized spacial score (nSPS) is 22.3. The van der Waals surface area contributed by atoms with Gasteiger partial charge in [-0.05, 0) is 52.0 Å². The molecule has 0 amide bonds. The first-order valence-electron chi connectivity index (χ1n) is 4.98. The molecule has 0 saturated carbocycles. The van der Waals surface area contributed by atoms with Crippen molar-refractivity contribution in [1.82, 2.24) is 0 Å². The van der Waals surface area contributed by atoms with Crippen molar-refractivity contribution in [2.24, 2.45) is 0 Å². The highest BCUT2D eigenvalue weighted by molar-refractivity contribution is 9.10. The summed E-state index contributed by atoms with van der Waals surface area (Å²) in [4.78, 5) is 0. The SMILES string of the molecule is Clc1cc2c(cc1Br)C1(CC2)SCCS1.